The fourth-order valence-electron chi connectivity index (χ4n) is 3.84. The molecule has 0 radical (unpaired) electrons. The molecule has 6 heteroatoms. The van der Waals surface area contributed by atoms with Crippen LogP contribution in [-0.4, -0.2) is 49.9 Å². The Morgan fingerprint density at radius 2 is 2.00 bits per heavy atom. The van der Waals surface area contributed by atoms with Crippen molar-refractivity contribution < 1.29 is 23.8 Å². The van der Waals surface area contributed by atoms with Crippen LogP contribution in [0.4, 0.5) is 0 Å². The maximum Gasteiger partial charge on any atom is 0.191 e. The average Bonchev–Trinajstić information content (AvgIpc) is 2.83. The van der Waals surface area contributed by atoms with Crippen molar-refractivity contribution in [1.82, 2.24) is 0 Å². The van der Waals surface area contributed by atoms with Crippen LogP contribution < -0.4 is 0 Å². The summed E-state index contributed by atoms with van der Waals surface area (Å²) in [6.45, 7) is 18.0. The summed E-state index contributed by atoms with van der Waals surface area (Å²) in [6.07, 6.45) is 2.74. The topological polar surface area (TPSA) is 65.0 Å². The van der Waals surface area contributed by atoms with E-state index < -0.39 is 25.8 Å². The highest BCUT2D eigenvalue weighted by atomic mass is 28.4. The summed E-state index contributed by atoms with van der Waals surface area (Å²) in [6, 6.07) is 0. The molecular weight excluding hydrogens is 360 g/mol. The van der Waals surface area contributed by atoms with E-state index in [0.717, 1.165) is 12.0 Å². The van der Waals surface area contributed by atoms with Gasteiger partial charge >= 0.3 is 0 Å². The molecule has 0 aromatic heterocycles. The largest absolute Gasteiger partial charge is 0.417 e. The maximum absolute atomic E-state index is 12.2. The van der Waals surface area contributed by atoms with Gasteiger partial charge in [0.25, 0.3) is 0 Å². The number of Topliss-reactive ketones (excluding diaryl/α,β-unsaturated/α-hetero) is 1. The van der Waals surface area contributed by atoms with Crippen LogP contribution in [0.5, 0.6) is 0 Å². The van der Waals surface area contributed by atoms with Crippen LogP contribution in [0.25, 0.3) is 0 Å². The molecule has 2 fully saturated rings. The summed E-state index contributed by atoms with van der Waals surface area (Å²) < 4.78 is 18.3. The molecule has 2 aliphatic rings. The molecule has 156 valence electrons. The molecule has 0 bridgehead atoms. The second kappa shape index (κ2) is 7.71. The van der Waals surface area contributed by atoms with Crippen LogP contribution in [0.2, 0.25) is 18.1 Å². The molecule has 27 heavy (non-hydrogen) atoms. The normalized spacial score (nSPS) is 32.3. The van der Waals surface area contributed by atoms with E-state index in [0.29, 0.717) is 26.1 Å². The Morgan fingerprint density at radius 1 is 1.37 bits per heavy atom. The van der Waals surface area contributed by atoms with Crippen molar-refractivity contribution in [3.8, 4) is 0 Å². The third kappa shape index (κ3) is 4.91. The Balaban J connectivity index is 2.10. The molecule has 1 saturated heterocycles. The van der Waals surface area contributed by atoms with Crippen molar-refractivity contribution in [1.29, 1.82) is 0 Å². The summed E-state index contributed by atoms with van der Waals surface area (Å²) >= 11 is 0. The first-order valence-electron chi connectivity index (χ1n) is 10.1. The van der Waals surface area contributed by atoms with Gasteiger partial charge in [-0.15, -0.1) is 0 Å². The van der Waals surface area contributed by atoms with Crippen LogP contribution in [0.1, 0.15) is 60.8 Å². The third-order valence-corrected chi connectivity index (χ3v) is 11.0. The zero-order chi connectivity index (χ0) is 20.7. The number of aliphatic hydroxyl groups is 1. The zero-order valence-corrected chi connectivity index (χ0v) is 19.3. The van der Waals surface area contributed by atoms with Gasteiger partial charge in [0.1, 0.15) is 11.7 Å². The number of rotatable bonds is 5. The second-order valence-electron chi connectivity index (χ2n) is 10.1. The molecular formula is C21H38O5Si. The Bertz CT molecular complexity index is 590. The fraction of sp³-hybridized carbons (Fsp3) is 0.857. The van der Waals surface area contributed by atoms with Gasteiger partial charge in [-0.25, -0.2) is 0 Å². The van der Waals surface area contributed by atoms with Gasteiger partial charge in [-0.05, 0) is 51.7 Å². The van der Waals surface area contributed by atoms with E-state index in [4.69, 9.17) is 13.9 Å². The summed E-state index contributed by atoms with van der Waals surface area (Å²) in [5.74, 6) is -1.16. The van der Waals surface area contributed by atoms with Crippen molar-refractivity contribution in [2.24, 2.45) is 5.92 Å². The molecule has 2 rings (SSSR count). The minimum Gasteiger partial charge on any atom is -0.417 e. The van der Waals surface area contributed by atoms with E-state index in [1.807, 2.05) is 20.8 Å². The Labute approximate surface area is 165 Å². The molecule has 1 saturated carbocycles. The Kier molecular flexibility index (Phi) is 6.50. The van der Waals surface area contributed by atoms with E-state index in [9.17, 15) is 9.90 Å². The van der Waals surface area contributed by atoms with E-state index >= 15 is 0 Å². The smallest absolute Gasteiger partial charge is 0.191 e. The van der Waals surface area contributed by atoms with Gasteiger partial charge in [0, 0.05) is 18.9 Å². The highest BCUT2D eigenvalue weighted by molar-refractivity contribution is 6.74. The molecule has 3 atom stereocenters. The molecule has 0 aromatic rings. The minimum atomic E-state index is -1.77. The first-order chi connectivity index (χ1) is 12.2. The van der Waals surface area contributed by atoms with Gasteiger partial charge in [-0.2, -0.15) is 0 Å². The average molecular weight is 399 g/mol. The number of ketones is 1. The van der Waals surface area contributed by atoms with Gasteiger partial charge < -0.3 is 19.0 Å². The van der Waals surface area contributed by atoms with Crippen LogP contribution in [-0.2, 0) is 18.7 Å². The van der Waals surface area contributed by atoms with E-state index in [2.05, 4.69) is 39.9 Å². The SMILES string of the molecule is C/C(=C\CCO[Si](C)(C)C(C)(C)C)[C@H]1[C@H](O)C(=O)CC[C@@]12COC(C)(C)O2. The number of aliphatic hydroxyl groups excluding tert-OH is 1. The number of hydrogen-bond acceptors (Lipinski definition) is 5. The van der Waals surface area contributed by atoms with Crippen LogP contribution >= 0.6 is 0 Å². The lowest BCUT2D eigenvalue weighted by Gasteiger charge is -2.43. The first kappa shape index (κ1) is 22.8. The standard InChI is InChI=1S/C21H38O5Si/c1-15(10-9-13-25-27(7,8)19(2,3)4)17-18(23)16(22)11-12-21(17)14-24-20(5,6)26-21/h10,17-18,23H,9,11-14H2,1-8H3/b15-10+/t17-,18+,21+/m0/s1. The van der Waals surface area contributed by atoms with Crippen LogP contribution in [0, 0.1) is 5.92 Å². The summed E-state index contributed by atoms with van der Waals surface area (Å²) in [4.78, 5) is 12.2. The van der Waals surface area contributed by atoms with Crippen LogP contribution in [0.15, 0.2) is 11.6 Å². The van der Waals surface area contributed by atoms with E-state index in [1.165, 1.54) is 0 Å². The lowest BCUT2D eigenvalue weighted by molar-refractivity contribution is -0.189. The lowest BCUT2D eigenvalue weighted by atomic mass is 9.70. The highest BCUT2D eigenvalue weighted by Gasteiger charge is 2.56. The monoisotopic (exact) mass is 398 g/mol. The van der Waals surface area contributed by atoms with E-state index in [1.54, 1.807) is 0 Å². The molecule has 1 N–H and O–H groups in total. The molecule has 1 spiro atoms. The van der Waals surface area contributed by atoms with Crippen molar-refractivity contribution >= 4 is 14.1 Å². The lowest BCUT2D eigenvalue weighted by Crippen LogP contribution is -2.54. The zero-order valence-electron chi connectivity index (χ0n) is 18.3. The van der Waals surface area contributed by atoms with Crippen molar-refractivity contribution in [3.63, 3.8) is 0 Å². The Morgan fingerprint density at radius 3 is 2.52 bits per heavy atom. The van der Waals surface area contributed by atoms with Crippen molar-refractivity contribution in [2.75, 3.05) is 13.2 Å². The molecule has 0 amide bonds. The van der Waals surface area contributed by atoms with Crippen molar-refractivity contribution in [3.05, 3.63) is 11.6 Å². The molecule has 1 aliphatic carbocycles. The predicted molar refractivity (Wildman–Crippen MR) is 109 cm³/mol. The maximum atomic E-state index is 12.2. The summed E-state index contributed by atoms with van der Waals surface area (Å²) in [5.41, 5.74) is 0.355. The fourth-order valence-corrected chi connectivity index (χ4v) is 4.90. The number of carbonyl (C=O) groups excluding carboxylic acids is 1. The number of ether oxygens (including phenoxy) is 2. The Hall–Kier alpha value is -0.533. The second-order valence-corrected chi connectivity index (χ2v) is 14.9. The molecule has 1 aliphatic heterocycles. The predicted octanol–water partition coefficient (Wildman–Crippen LogP) is 4.21. The van der Waals surface area contributed by atoms with Crippen molar-refractivity contribution in [2.45, 2.75) is 96.4 Å². The van der Waals surface area contributed by atoms with Gasteiger partial charge in [0.2, 0.25) is 0 Å². The van der Waals surface area contributed by atoms with E-state index in [-0.39, 0.29) is 16.7 Å². The quantitative estimate of drug-likeness (QED) is 0.427. The van der Waals surface area contributed by atoms with Gasteiger partial charge in [0.15, 0.2) is 19.9 Å². The van der Waals surface area contributed by atoms with Crippen LogP contribution in [0.3, 0.4) is 0 Å². The highest BCUT2D eigenvalue weighted by Crippen LogP contribution is 2.47. The summed E-state index contributed by atoms with van der Waals surface area (Å²) in [5, 5.41) is 10.8. The molecule has 1 heterocycles. The number of hydrogen-bond donors (Lipinski definition) is 1. The summed E-state index contributed by atoms with van der Waals surface area (Å²) in [7, 11) is -1.77. The first-order valence-corrected chi connectivity index (χ1v) is 13.0. The molecule has 0 aromatic carbocycles. The van der Waals surface area contributed by atoms with Gasteiger partial charge in [0.05, 0.1) is 6.61 Å². The number of carbonyl (C=O) groups is 1. The molecule has 0 unspecified atom stereocenters. The molecule has 5 nitrogen and oxygen atoms in total. The van der Waals surface area contributed by atoms with Gasteiger partial charge in [-0.3, -0.25) is 4.79 Å². The third-order valence-electron chi connectivity index (χ3n) is 6.46. The van der Waals surface area contributed by atoms with Gasteiger partial charge in [-0.1, -0.05) is 32.4 Å². The minimum absolute atomic E-state index is 0.107.